The molecule has 0 bridgehead atoms. The van der Waals surface area contributed by atoms with Gasteiger partial charge in [-0.1, -0.05) is 73.6 Å². The van der Waals surface area contributed by atoms with Crippen molar-refractivity contribution >= 4 is 0 Å². The Morgan fingerprint density at radius 1 is 0.538 bits per heavy atom. The van der Waals surface area contributed by atoms with Crippen LogP contribution in [0.5, 0.6) is 0 Å². The van der Waals surface area contributed by atoms with Gasteiger partial charge in [0.05, 0.1) is 18.3 Å². The zero-order valence-corrected chi connectivity index (χ0v) is 18.4. The summed E-state index contributed by atoms with van der Waals surface area (Å²) in [4.78, 5) is 0. The van der Waals surface area contributed by atoms with E-state index in [0.29, 0.717) is 18.1 Å². The van der Waals surface area contributed by atoms with E-state index in [1.807, 2.05) is 0 Å². The summed E-state index contributed by atoms with van der Waals surface area (Å²) < 4.78 is 5.50. The van der Waals surface area contributed by atoms with Crippen molar-refractivity contribution in [1.29, 1.82) is 0 Å². The van der Waals surface area contributed by atoms with Gasteiger partial charge in [0.2, 0.25) is 0 Å². The Morgan fingerprint density at radius 2 is 0.923 bits per heavy atom. The smallest absolute Gasteiger partial charge is 0.0870 e. The average molecular weight is 367 g/mol. The fraction of sp³-hybridized carbons (Fsp3) is 1.00. The molecule has 0 radical (unpaired) electrons. The van der Waals surface area contributed by atoms with Gasteiger partial charge in [-0.15, -0.1) is 0 Å². The number of epoxide rings is 1. The van der Waals surface area contributed by atoms with Crippen molar-refractivity contribution in [3.05, 3.63) is 0 Å². The van der Waals surface area contributed by atoms with E-state index in [1.165, 1.54) is 51.4 Å². The zero-order valence-electron chi connectivity index (χ0n) is 18.4. The topological polar surface area (TPSA) is 32.8 Å². The van der Waals surface area contributed by atoms with Crippen molar-refractivity contribution in [2.75, 3.05) is 0 Å². The van der Waals surface area contributed by atoms with Crippen molar-refractivity contribution in [1.82, 2.24) is 0 Å². The van der Waals surface area contributed by atoms with E-state index in [2.05, 4.69) is 41.5 Å². The van der Waals surface area contributed by atoms with E-state index in [4.69, 9.17) is 4.74 Å². The van der Waals surface area contributed by atoms with Crippen LogP contribution in [0.15, 0.2) is 0 Å². The summed E-state index contributed by atoms with van der Waals surface area (Å²) in [5.74, 6) is 5.01. The lowest BCUT2D eigenvalue weighted by atomic mass is 9.82. The van der Waals surface area contributed by atoms with Gasteiger partial charge in [0.15, 0.2) is 0 Å². The van der Waals surface area contributed by atoms with Crippen LogP contribution in [0, 0.1) is 35.5 Å². The Morgan fingerprint density at radius 3 is 1.31 bits per heavy atom. The number of rotatable bonds is 0. The van der Waals surface area contributed by atoms with Crippen LogP contribution >= 0.6 is 0 Å². The fourth-order valence-electron chi connectivity index (χ4n) is 4.84. The first kappa shape index (κ1) is 22.2. The lowest BCUT2D eigenvalue weighted by Gasteiger charge is -2.28. The van der Waals surface area contributed by atoms with Gasteiger partial charge in [-0.05, 0) is 61.2 Å². The Labute approximate surface area is 163 Å². The van der Waals surface area contributed by atoms with Gasteiger partial charge in [-0.2, -0.15) is 0 Å². The molecule has 7 unspecified atom stereocenters. The summed E-state index contributed by atoms with van der Waals surface area (Å²) >= 11 is 0. The molecular weight excluding hydrogens is 320 g/mol. The SMILES string of the molecule is CC1CCC(C)C(O)C1.CC1CCC(C)C2OC12.CC1CCC(C)CC1. The van der Waals surface area contributed by atoms with Gasteiger partial charge < -0.3 is 9.84 Å². The van der Waals surface area contributed by atoms with Crippen LogP contribution in [0.4, 0.5) is 0 Å². The molecule has 154 valence electrons. The minimum absolute atomic E-state index is 0.0197. The first-order valence-corrected chi connectivity index (χ1v) is 11.6. The number of aliphatic hydroxyl groups is 1. The lowest BCUT2D eigenvalue weighted by molar-refractivity contribution is 0.0577. The Hall–Kier alpha value is -0.0800. The molecule has 4 fully saturated rings. The number of hydrogen-bond donors (Lipinski definition) is 1. The molecule has 7 atom stereocenters. The number of ether oxygens (including phenoxy) is 1. The van der Waals surface area contributed by atoms with Crippen molar-refractivity contribution < 1.29 is 9.84 Å². The van der Waals surface area contributed by atoms with Crippen LogP contribution < -0.4 is 0 Å². The van der Waals surface area contributed by atoms with Crippen LogP contribution in [0.2, 0.25) is 0 Å². The Bertz CT molecular complexity index is 355. The lowest BCUT2D eigenvalue weighted by Crippen LogP contribution is -2.25. The summed E-state index contributed by atoms with van der Waals surface area (Å²) in [6.45, 7) is 13.7. The van der Waals surface area contributed by atoms with Crippen LogP contribution in [-0.4, -0.2) is 23.4 Å². The summed E-state index contributed by atoms with van der Waals surface area (Å²) in [6, 6.07) is 0. The van der Waals surface area contributed by atoms with Crippen molar-refractivity contribution in [2.45, 2.75) is 118 Å². The molecule has 4 aliphatic rings. The second kappa shape index (κ2) is 10.5. The molecule has 2 nitrogen and oxygen atoms in total. The second-order valence-corrected chi connectivity index (χ2v) is 10.4. The summed E-state index contributed by atoms with van der Waals surface area (Å²) in [5, 5.41) is 9.35. The van der Waals surface area contributed by atoms with Crippen LogP contribution in [-0.2, 0) is 4.74 Å². The highest BCUT2D eigenvalue weighted by atomic mass is 16.6. The highest BCUT2D eigenvalue weighted by Gasteiger charge is 2.48. The predicted molar refractivity (Wildman–Crippen MR) is 111 cm³/mol. The number of hydrogen-bond acceptors (Lipinski definition) is 2. The van der Waals surface area contributed by atoms with Crippen LogP contribution in [0.1, 0.15) is 99.3 Å². The number of aliphatic hydroxyl groups excluding tert-OH is 1. The zero-order chi connectivity index (χ0) is 19.3. The summed E-state index contributed by atoms with van der Waals surface area (Å²) in [6.07, 6.45) is 13.5. The Balaban J connectivity index is 0.000000141. The average Bonchev–Trinajstić information content (AvgIpc) is 3.41. The standard InChI is InChI=1S/C8H14O.C8H16O.C8H16/c1-5-3-4-6(2)8-7(5)9-8;1-6-3-4-7(2)8(9)5-6;1-7-3-5-8(2)6-4-7/h5-8H,3-4H2,1-2H3;6-9H,3-5H2,1-2H3;7-8H,3-6H2,1-2H3. The summed E-state index contributed by atoms with van der Waals surface area (Å²) in [5.41, 5.74) is 0. The van der Waals surface area contributed by atoms with E-state index in [9.17, 15) is 5.11 Å². The molecule has 1 heterocycles. The maximum atomic E-state index is 9.35. The normalized spacial score (nSPS) is 47.4. The van der Waals surface area contributed by atoms with E-state index in [0.717, 1.165) is 36.0 Å². The van der Waals surface area contributed by atoms with Gasteiger partial charge in [0.25, 0.3) is 0 Å². The maximum Gasteiger partial charge on any atom is 0.0870 e. The predicted octanol–water partition coefficient (Wildman–Crippen LogP) is 6.46. The molecular formula is C24H46O2. The van der Waals surface area contributed by atoms with Gasteiger partial charge in [0.1, 0.15) is 0 Å². The van der Waals surface area contributed by atoms with Gasteiger partial charge in [0, 0.05) is 0 Å². The largest absolute Gasteiger partial charge is 0.393 e. The monoisotopic (exact) mass is 366 g/mol. The van der Waals surface area contributed by atoms with E-state index in [1.54, 1.807) is 0 Å². The van der Waals surface area contributed by atoms with Gasteiger partial charge >= 0.3 is 0 Å². The molecule has 26 heavy (non-hydrogen) atoms. The van der Waals surface area contributed by atoms with Gasteiger partial charge in [-0.25, -0.2) is 0 Å². The molecule has 2 heteroatoms. The first-order chi connectivity index (χ1) is 12.3. The molecule has 4 rings (SSSR count). The van der Waals surface area contributed by atoms with Crippen LogP contribution in [0.25, 0.3) is 0 Å². The fourth-order valence-corrected chi connectivity index (χ4v) is 4.84. The van der Waals surface area contributed by atoms with Gasteiger partial charge in [-0.3, -0.25) is 0 Å². The molecule has 1 saturated heterocycles. The molecule has 0 amide bonds. The quantitative estimate of drug-likeness (QED) is 0.499. The molecule has 0 aromatic carbocycles. The highest BCUT2D eigenvalue weighted by Crippen LogP contribution is 2.43. The highest BCUT2D eigenvalue weighted by molar-refractivity contribution is 4.96. The molecule has 3 aliphatic carbocycles. The summed E-state index contributed by atoms with van der Waals surface area (Å²) in [7, 11) is 0. The van der Waals surface area contributed by atoms with E-state index < -0.39 is 0 Å². The van der Waals surface area contributed by atoms with E-state index >= 15 is 0 Å². The minimum Gasteiger partial charge on any atom is -0.393 e. The molecule has 1 aliphatic heterocycles. The third kappa shape index (κ3) is 7.15. The molecule has 0 aromatic rings. The Kier molecular flexibility index (Phi) is 8.94. The molecule has 1 N–H and O–H groups in total. The first-order valence-electron chi connectivity index (χ1n) is 11.6. The van der Waals surface area contributed by atoms with Crippen LogP contribution in [0.3, 0.4) is 0 Å². The molecule has 0 aromatic heterocycles. The number of fused-ring (bicyclic) bond motifs is 1. The second-order valence-electron chi connectivity index (χ2n) is 10.4. The third-order valence-electron chi connectivity index (χ3n) is 7.48. The van der Waals surface area contributed by atoms with Crippen molar-refractivity contribution in [2.24, 2.45) is 35.5 Å². The third-order valence-corrected chi connectivity index (χ3v) is 7.48. The van der Waals surface area contributed by atoms with E-state index in [-0.39, 0.29) is 6.10 Å². The molecule has 0 spiro atoms. The molecule has 3 saturated carbocycles. The van der Waals surface area contributed by atoms with Crippen molar-refractivity contribution in [3.8, 4) is 0 Å². The minimum atomic E-state index is -0.0197. The van der Waals surface area contributed by atoms with Crippen molar-refractivity contribution in [3.63, 3.8) is 0 Å². The maximum absolute atomic E-state index is 9.35.